The molecule has 1 rings (SSSR count). The lowest BCUT2D eigenvalue weighted by atomic mass is 9.92. The Bertz CT molecular complexity index is 209. The fourth-order valence-electron chi connectivity index (χ4n) is 1.69. The SMILES string of the molecule is CN(CC(C)(C)C(=O)O)C1CCOC1. The number of ether oxygens (including phenoxy) is 1. The zero-order chi connectivity index (χ0) is 10.8. The molecule has 0 bridgehead atoms. The van der Waals surface area contributed by atoms with Crippen LogP contribution in [0.5, 0.6) is 0 Å². The Kier molecular flexibility index (Phi) is 3.50. The maximum absolute atomic E-state index is 10.9. The van der Waals surface area contributed by atoms with Crippen molar-refractivity contribution < 1.29 is 14.6 Å². The fourth-order valence-corrected chi connectivity index (χ4v) is 1.69. The third-order valence-corrected chi connectivity index (χ3v) is 2.75. The first kappa shape index (κ1) is 11.5. The van der Waals surface area contributed by atoms with Crippen molar-refractivity contribution in [3.05, 3.63) is 0 Å². The van der Waals surface area contributed by atoms with E-state index < -0.39 is 11.4 Å². The van der Waals surface area contributed by atoms with E-state index in [9.17, 15) is 4.79 Å². The van der Waals surface area contributed by atoms with Gasteiger partial charge in [-0.3, -0.25) is 9.69 Å². The van der Waals surface area contributed by atoms with E-state index in [1.165, 1.54) is 0 Å². The number of hydrogen-bond donors (Lipinski definition) is 1. The Morgan fingerprint density at radius 3 is 2.71 bits per heavy atom. The topological polar surface area (TPSA) is 49.8 Å². The van der Waals surface area contributed by atoms with Crippen LogP contribution in [-0.4, -0.2) is 48.8 Å². The third kappa shape index (κ3) is 2.69. The summed E-state index contributed by atoms with van der Waals surface area (Å²) in [4.78, 5) is 13.0. The molecule has 1 fully saturated rings. The first-order valence-electron chi connectivity index (χ1n) is 4.95. The van der Waals surface area contributed by atoms with Crippen LogP contribution in [0.15, 0.2) is 0 Å². The van der Waals surface area contributed by atoms with Crippen LogP contribution >= 0.6 is 0 Å². The van der Waals surface area contributed by atoms with Crippen molar-refractivity contribution in [2.75, 3.05) is 26.8 Å². The van der Waals surface area contributed by atoms with Gasteiger partial charge in [0.05, 0.1) is 12.0 Å². The number of carboxylic acids is 1. The molecule has 0 saturated carbocycles. The van der Waals surface area contributed by atoms with Gasteiger partial charge in [0.1, 0.15) is 0 Å². The van der Waals surface area contributed by atoms with Gasteiger partial charge in [0.25, 0.3) is 0 Å². The molecule has 1 unspecified atom stereocenters. The Balaban J connectivity index is 2.46. The Morgan fingerprint density at radius 1 is 1.64 bits per heavy atom. The largest absolute Gasteiger partial charge is 0.481 e. The minimum absolute atomic E-state index is 0.383. The molecule has 4 nitrogen and oxygen atoms in total. The van der Waals surface area contributed by atoms with E-state index >= 15 is 0 Å². The van der Waals surface area contributed by atoms with E-state index in [1.54, 1.807) is 13.8 Å². The molecule has 0 aliphatic carbocycles. The van der Waals surface area contributed by atoms with Gasteiger partial charge in [0.2, 0.25) is 0 Å². The number of carboxylic acid groups (broad SMARTS) is 1. The molecular formula is C10H19NO3. The number of carbonyl (C=O) groups is 1. The van der Waals surface area contributed by atoms with Gasteiger partial charge in [-0.15, -0.1) is 0 Å². The molecule has 1 atom stereocenters. The van der Waals surface area contributed by atoms with Crippen LogP contribution in [0.4, 0.5) is 0 Å². The van der Waals surface area contributed by atoms with Crippen molar-refractivity contribution >= 4 is 5.97 Å². The van der Waals surface area contributed by atoms with Gasteiger partial charge in [-0.05, 0) is 27.3 Å². The summed E-state index contributed by atoms with van der Waals surface area (Å²) in [5.41, 5.74) is -0.683. The van der Waals surface area contributed by atoms with E-state index in [1.807, 2.05) is 7.05 Å². The van der Waals surface area contributed by atoms with Gasteiger partial charge < -0.3 is 9.84 Å². The molecule has 0 radical (unpaired) electrons. The van der Waals surface area contributed by atoms with Crippen molar-refractivity contribution in [2.24, 2.45) is 5.41 Å². The Morgan fingerprint density at radius 2 is 2.29 bits per heavy atom. The van der Waals surface area contributed by atoms with Crippen LogP contribution in [-0.2, 0) is 9.53 Å². The average Bonchev–Trinajstić information content (AvgIpc) is 2.54. The average molecular weight is 201 g/mol. The number of rotatable bonds is 4. The number of hydrogen-bond acceptors (Lipinski definition) is 3. The van der Waals surface area contributed by atoms with E-state index in [0.717, 1.165) is 19.6 Å². The lowest BCUT2D eigenvalue weighted by Crippen LogP contribution is -2.42. The predicted molar refractivity (Wildman–Crippen MR) is 53.3 cm³/mol. The molecule has 0 spiro atoms. The first-order valence-corrected chi connectivity index (χ1v) is 4.95. The highest BCUT2D eigenvalue weighted by Gasteiger charge is 2.31. The summed E-state index contributed by atoms with van der Waals surface area (Å²) in [5.74, 6) is -0.747. The molecule has 1 heterocycles. The van der Waals surface area contributed by atoms with Gasteiger partial charge in [-0.25, -0.2) is 0 Å². The van der Waals surface area contributed by atoms with Gasteiger partial charge in [0, 0.05) is 19.2 Å². The quantitative estimate of drug-likeness (QED) is 0.731. The predicted octanol–water partition coefficient (Wildman–Crippen LogP) is 0.818. The highest BCUT2D eigenvalue weighted by atomic mass is 16.5. The number of nitrogens with zero attached hydrogens (tertiary/aromatic N) is 1. The Hall–Kier alpha value is -0.610. The summed E-state index contributed by atoms with van der Waals surface area (Å²) in [5, 5.41) is 8.98. The van der Waals surface area contributed by atoms with Crippen LogP contribution < -0.4 is 0 Å². The van der Waals surface area contributed by atoms with E-state index in [-0.39, 0.29) is 0 Å². The summed E-state index contributed by atoms with van der Waals surface area (Å²) in [7, 11) is 1.96. The minimum Gasteiger partial charge on any atom is -0.481 e. The highest BCUT2D eigenvalue weighted by molar-refractivity contribution is 5.73. The van der Waals surface area contributed by atoms with Crippen LogP contribution in [0, 0.1) is 5.41 Å². The van der Waals surface area contributed by atoms with E-state index in [0.29, 0.717) is 12.6 Å². The summed E-state index contributed by atoms with van der Waals surface area (Å²) in [6, 6.07) is 0.383. The molecule has 1 aliphatic rings. The molecular weight excluding hydrogens is 182 g/mol. The maximum Gasteiger partial charge on any atom is 0.310 e. The second kappa shape index (κ2) is 4.28. The minimum atomic E-state index is -0.747. The van der Waals surface area contributed by atoms with Gasteiger partial charge >= 0.3 is 5.97 Å². The van der Waals surface area contributed by atoms with Gasteiger partial charge in [0.15, 0.2) is 0 Å². The maximum atomic E-state index is 10.9. The zero-order valence-corrected chi connectivity index (χ0v) is 9.12. The van der Waals surface area contributed by atoms with Gasteiger partial charge in [-0.1, -0.05) is 0 Å². The van der Waals surface area contributed by atoms with Gasteiger partial charge in [-0.2, -0.15) is 0 Å². The van der Waals surface area contributed by atoms with Crippen molar-refractivity contribution in [1.82, 2.24) is 4.90 Å². The van der Waals surface area contributed by atoms with Crippen molar-refractivity contribution in [1.29, 1.82) is 0 Å². The summed E-state index contributed by atoms with van der Waals surface area (Å²) in [6.45, 7) is 5.59. The Labute approximate surface area is 84.8 Å². The van der Waals surface area contributed by atoms with Crippen molar-refractivity contribution in [3.63, 3.8) is 0 Å². The second-order valence-corrected chi connectivity index (χ2v) is 4.62. The molecule has 1 saturated heterocycles. The third-order valence-electron chi connectivity index (χ3n) is 2.75. The lowest BCUT2D eigenvalue weighted by molar-refractivity contribution is -0.148. The lowest BCUT2D eigenvalue weighted by Gasteiger charge is -2.30. The molecule has 14 heavy (non-hydrogen) atoms. The molecule has 0 aromatic carbocycles. The second-order valence-electron chi connectivity index (χ2n) is 4.62. The van der Waals surface area contributed by atoms with Crippen LogP contribution in [0.2, 0.25) is 0 Å². The van der Waals surface area contributed by atoms with Crippen molar-refractivity contribution in [3.8, 4) is 0 Å². The molecule has 4 heteroatoms. The molecule has 1 N–H and O–H groups in total. The standard InChI is InChI=1S/C10H19NO3/c1-10(2,9(12)13)7-11(3)8-4-5-14-6-8/h8H,4-7H2,1-3H3,(H,12,13). The highest BCUT2D eigenvalue weighted by Crippen LogP contribution is 2.20. The normalized spacial score (nSPS) is 23.0. The number of aliphatic carboxylic acids is 1. The summed E-state index contributed by atoms with van der Waals surface area (Å²) < 4.78 is 5.26. The molecule has 82 valence electrons. The first-order chi connectivity index (χ1) is 6.43. The molecule has 0 amide bonds. The van der Waals surface area contributed by atoms with Crippen molar-refractivity contribution in [2.45, 2.75) is 26.3 Å². The monoisotopic (exact) mass is 201 g/mol. The summed E-state index contributed by atoms with van der Waals surface area (Å²) in [6.07, 6.45) is 1.01. The summed E-state index contributed by atoms with van der Waals surface area (Å²) >= 11 is 0. The molecule has 0 aromatic rings. The number of likely N-dealkylation sites (N-methyl/N-ethyl adjacent to an activating group) is 1. The zero-order valence-electron chi connectivity index (χ0n) is 9.12. The van der Waals surface area contributed by atoms with Crippen LogP contribution in [0.3, 0.4) is 0 Å². The van der Waals surface area contributed by atoms with E-state index in [2.05, 4.69) is 4.90 Å². The van der Waals surface area contributed by atoms with Crippen LogP contribution in [0.25, 0.3) is 0 Å². The smallest absolute Gasteiger partial charge is 0.310 e. The molecule has 0 aromatic heterocycles. The molecule has 1 aliphatic heterocycles. The van der Waals surface area contributed by atoms with E-state index in [4.69, 9.17) is 9.84 Å². The van der Waals surface area contributed by atoms with Crippen LogP contribution in [0.1, 0.15) is 20.3 Å². The fraction of sp³-hybridized carbons (Fsp3) is 0.900.